The molecule has 0 heterocycles. The molecule has 1 aliphatic carbocycles. The molecule has 21 heavy (non-hydrogen) atoms. The highest BCUT2D eigenvalue weighted by atomic mass is 32.2. The van der Waals surface area contributed by atoms with Gasteiger partial charge in [0, 0.05) is 17.0 Å². The fraction of sp³-hybridized carbons (Fsp3) is 0.500. The van der Waals surface area contributed by atoms with Gasteiger partial charge in [-0.2, -0.15) is 17.0 Å². The van der Waals surface area contributed by atoms with Gasteiger partial charge in [0.1, 0.15) is 6.07 Å². The van der Waals surface area contributed by atoms with E-state index < -0.39 is 10.0 Å². The van der Waals surface area contributed by atoms with Crippen LogP contribution in [0, 0.1) is 11.3 Å². The van der Waals surface area contributed by atoms with Crippen LogP contribution in [0.15, 0.2) is 23.1 Å². The lowest BCUT2D eigenvalue weighted by atomic mass is 9.96. The standard InChI is InChI=1S/C14H19N3O2S2/c1-20-13-5-3-12(4-6-13)17-21(18,19)14-7-2-11(16)8-10(14)9-15/h2,7-8,12-13,17H,3-6,16H2,1H3. The van der Waals surface area contributed by atoms with Gasteiger partial charge < -0.3 is 5.73 Å². The molecular formula is C14H19N3O2S2. The van der Waals surface area contributed by atoms with Crippen molar-refractivity contribution in [2.45, 2.75) is 41.9 Å². The summed E-state index contributed by atoms with van der Waals surface area (Å²) >= 11 is 1.84. The van der Waals surface area contributed by atoms with Crippen molar-refractivity contribution in [3.05, 3.63) is 23.8 Å². The third-order valence-electron chi connectivity index (χ3n) is 3.74. The maximum absolute atomic E-state index is 12.4. The van der Waals surface area contributed by atoms with Crippen molar-refractivity contribution >= 4 is 27.5 Å². The molecule has 0 amide bonds. The summed E-state index contributed by atoms with van der Waals surface area (Å²) in [7, 11) is -3.68. The Balaban J connectivity index is 2.15. The van der Waals surface area contributed by atoms with Gasteiger partial charge in [-0.3, -0.25) is 0 Å². The number of hydrogen-bond acceptors (Lipinski definition) is 5. The molecule has 1 aliphatic rings. The molecule has 0 radical (unpaired) electrons. The molecule has 114 valence electrons. The number of nitrogens with zero attached hydrogens (tertiary/aromatic N) is 1. The number of rotatable bonds is 4. The van der Waals surface area contributed by atoms with Crippen LogP contribution in [0.2, 0.25) is 0 Å². The minimum Gasteiger partial charge on any atom is -0.399 e. The van der Waals surface area contributed by atoms with Crippen LogP contribution in [0.5, 0.6) is 0 Å². The first-order valence-electron chi connectivity index (χ1n) is 6.81. The van der Waals surface area contributed by atoms with E-state index in [0.717, 1.165) is 25.7 Å². The lowest BCUT2D eigenvalue weighted by molar-refractivity contribution is 0.420. The normalized spacial score (nSPS) is 22.7. The molecule has 0 aliphatic heterocycles. The van der Waals surface area contributed by atoms with E-state index in [9.17, 15) is 8.42 Å². The monoisotopic (exact) mass is 325 g/mol. The minimum atomic E-state index is -3.68. The molecule has 1 saturated carbocycles. The summed E-state index contributed by atoms with van der Waals surface area (Å²) in [4.78, 5) is 0.00573. The fourth-order valence-corrected chi connectivity index (χ4v) is 4.75. The molecule has 5 nitrogen and oxygen atoms in total. The van der Waals surface area contributed by atoms with Crippen LogP contribution >= 0.6 is 11.8 Å². The summed E-state index contributed by atoms with van der Waals surface area (Å²) < 4.78 is 27.6. The first kappa shape index (κ1) is 16.1. The molecule has 0 bridgehead atoms. The Kier molecular flexibility index (Phi) is 5.14. The molecule has 2 rings (SSSR count). The molecule has 0 aromatic heterocycles. The van der Waals surface area contributed by atoms with Crippen LogP contribution < -0.4 is 10.5 Å². The van der Waals surface area contributed by atoms with E-state index in [1.54, 1.807) is 0 Å². The van der Waals surface area contributed by atoms with Gasteiger partial charge >= 0.3 is 0 Å². The predicted octanol–water partition coefficient (Wildman–Crippen LogP) is 2.09. The lowest BCUT2D eigenvalue weighted by Gasteiger charge is -2.27. The van der Waals surface area contributed by atoms with Gasteiger partial charge in [0.15, 0.2) is 0 Å². The first-order valence-corrected chi connectivity index (χ1v) is 9.58. The molecule has 1 aromatic carbocycles. The number of benzene rings is 1. The van der Waals surface area contributed by atoms with Crippen molar-refractivity contribution in [1.29, 1.82) is 5.26 Å². The fourth-order valence-electron chi connectivity index (χ4n) is 2.57. The van der Waals surface area contributed by atoms with Crippen LogP contribution in [0.3, 0.4) is 0 Å². The molecular weight excluding hydrogens is 306 g/mol. The highest BCUT2D eigenvalue weighted by Gasteiger charge is 2.26. The topological polar surface area (TPSA) is 96.0 Å². The maximum atomic E-state index is 12.4. The number of nitrogens with one attached hydrogen (secondary N) is 1. The third-order valence-corrected chi connectivity index (χ3v) is 6.46. The Morgan fingerprint density at radius 1 is 1.33 bits per heavy atom. The second kappa shape index (κ2) is 6.69. The maximum Gasteiger partial charge on any atom is 0.242 e. The van der Waals surface area contributed by atoms with E-state index >= 15 is 0 Å². The number of nitriles is 1. The highest BCUT2D eigenvalue weighted by Crippen LogP contribution is 2.28. The van der Waals surface area contributed by atoms with Crippen LogP contribution in [0.25, 0.3) is 0 Å². The summed E-state index contributed by atoms with van der Waals surface area (Å²) in [6, 6.07) is 6.12. The van der Waals surface area contributed by atoms with Gasteiger partial charge in [0.2, 0.25) is 10.0 Å². The third kappa shape index (κ3) is 3.90. The summed E-state index contributed by atoms with van der Waals surface area (Å²) in [6.45, 7) is 0. The average Bonchev–Trinajstić information content (AvgIpc) is 2.47. The van der Waals surface area contributed by atoms with Gasteiger partial charge in [0.05, 0.1) is 10.5 Å². The molecule has 7 heteroatoms. The molecule has 0 spiro atoms. The van der Waals surface area contributed by atoms with Crippen LogP contribution in [0.4, 0.5) is 5.69 Å². The number of sulfonamides is 1. The molecule has 0 unspecified atom stereocenters. The Bertz CT molecular complexity index is 645. The van der Waals surface area contributed by atoms with E-state index in [0.29, 0.717) is 10.9 Å². The SMILES string of the molecule is CSC1CCC(NS(=O)(=O)c2ccc(N)cc2C#N)CC1. The van der Waals surface area contributed by atoms with Gasteiger partial charge in [-0.25, -0.2) is 13.1 Å². The zero-order valence-corrected chi connectivity index (χ0v) is 13.5. The first-order chi connectivity index (χ1) is 9.96. The van der Waals surface area contributed by atoms with Crippen LogP contribution in [-0.4, -0.2) is 26.0 Å². The average molecular weight is 325 g/mol. The van der Waals surface area contributed by atoms with Crippen molar-refractivity contribution in [2.24, 2.45) is 0 Å². The van der Waals surface area contributed by atoms with Crippen molar-refractivity contribution in [3.63, 3.8) is 0 Å². The van der Waals surface area contributed by atoms with Crippen molar-refractivity contribution in [3.8, 4) is 6.07 Å². The predicted molar refractivity (Wildman–Crippen MR) is 85.4 cm³/mol. The quantitative estimate of drug-likeness (QED) is 0.826. The summed E-state index contributed by atoms with van der Waals surface area (Å²) in [5.41, 5.74) is 6.06. The molecule has 0 atom stereocenters. The van der Waals surface area contributed by atoms with E-state index in [1.807, 2.05) is 17.8 Å². The Hall–Kier alpha value is -1.23. The second-order valence-electron chi connectivity index (χ2n) is 5.20. The van der Waals surface area contributed by atoms with Gasteiger partial charge in [0.25, 0.3) is 0 Å². The summed E-state index contributed by atoms with van der Waals surface area (Å²) in [5.74, 6) is 0. The van der Waals surface area contributed by atoms with Gasteiger partial charge in [-0.15, -0.1) is 0 Å². The number of nitrogen functional groups attached to an aromatic ring is 1. The van der Waals surface area contributed by atoms with Crippen molar-refractivity contribution in [2.75, 3.05) is 12.0 Å². The molecule has 3 N–H and O–H groups in total. The minimum absolute atomic E-state index is 0.00573. The lowest BCUT2D eigenvalue weighted by Crippen LogP contribution is -2.38. The zero-order chi connectivity index (χ0) is 15.5. The van der Waals surface area contributed by atoms with Gasteiger partial charge in [-0.05, 0) is 50.1 Å². The number of nitrogens with two attached hydrogens (primary N) is 1. The van der Waals surface area contributed by atoms with E-state index in [1.165, 1.54) is 18.2 Å². The summed E-state index contributed by atoms with van der Waals surface area (Å²) in [5, 5.41) is 9.70. The Morgan fingerprint density at radius 2 is 2.00 bits per heavy atom. The van der Waals surface area contributed by atoms with E-state index in [2.05, 4.69) is 11.0 Å². The van der Waals surface area contributed by atoms with Crippen molar-refractivity contribution in [1.82, 2.24) is 4.72 Å². The van der Waals surface area contributed by atoms with Crippen LogP contribution in [0.1, 0.15) is 31.2 Å². The van der Waals surface area contributed by atoms with Crippen LogP contribution in [-0.2, 0) is 10.0 Å². The number of anilines is 1. The van der Waals surface area contributed by atoms with E-state index in [-0.39, 0.29) is 16.5 Å². The second-order valence-corrected chi connectivity index (χ2v) is 8.02. The van der Waals surface area contributed by atoms with E-state index in [4.69, 9.17) is 11.0 Å². The molecule has 1 fully saturated rings. The summed E-state index contributed by atoms with van der Waals surface area (Å²) in [6.07, 6.45) is 5.79. The molecule has 1 aromatic rings. The Morgan fingerprint density at radius 3 is 2.57 bits per heavy atom. The smallest absolute Gasteiger partial charge is 0.242 e. The van der Waals surface area contributed by atoms with Crippen molar-refractivity contribution < 1.29 is 8.42 Å². The number of thioether (sulfide) groups is 1. The zero-order valence-electron chi connectivity index (χ0n) is 11.9. The van der Waals surface area contributed by atoms with Gasteiger partial charge in [-0.1, -0.05) is 0 Å². The number of hydrogen-bond donors (Lipinski definition) is 2. The largest absolute Gasteiger partial charge is 0.399 e. The Labute approximate surface area is 130 Å². The highest BCUT2D eigenvalue weighted by molar-refractivity contribution is 7.99. The molecule has 0 saturated heterocycles.